The molecule has 0 spiro atoms. The normalized spacial score (nSPS) is 11.2. The van der Waals surface area contributed by atoms with Gasteiger partial charge in [0.05, 0.1) is 15.4 Å². The molecule has 3 rings (SSSR count). The summed E-state index contributed by atoms with van der Waals surface area (Å²) in [6, 6.07) is 5.49. The molecule has 6 heteroatoms. The Morgan fingerprint density at radius 1 is 1.47 bits per heavy atom. The maximum Gasteiger partial charge on any atom is 0.417 e. The van der Waals surface area contributed by atoms with Gasteiger partial charge in [0.1, 0.15) is 5.01 Å². The summed E-state index contributed by atoms with van der Waals surface area (Å²) in [4.78, 5) is 18.1. The van der Waals surface area contributed by atoms with Crippen molar-refractivity contribution in [3.63, 3.8) is 0 Å². The summed E-state index contributed by atoms with van der Waals surface area (Å²) in [5.74, 6) is -0.442. The first-order valence-corrected chi connectivity index (χ1v) is 6.19. The third-order valence-electron chi connectivity index (χ3n) is 2.44. The highest BCUT2D eigenvalue weighted by molar-refractivity contribution is 7.83. The number of rotatable bonds is 1. The van der Waals surface area contributed by atoms with Crippen LogP contribution in [0.1, 0.15) is 5.69 Å². The van der Waals surface area contributed by atoms with Crippen LogP contribution in [0.15, 0.2) is 31.6 Å². The molecule has 0 saturated carbocycles. The Labute approximate surface area is 106 Å². The van der Waals surface area contributed by atoms with Crippen molar-refractivity contribution >= 4 is 35.1 Å². The molecule has 0 aliphatic carbocycles. The van der Waals surface area contributed by atoms with Crippen LogP contribution in [0.3, 0.4) is 0 Å². The van der Waals surface area contributed by atoms with Crippen molar-refractivity contribution in [2.75, 3.05) is 0 Å². The van der Waals surface area contributed by atoms with Crippen LogP contribution in [0.5, 0.6) is 0 Å². The number of aromatic nitrogens is 2. The topological polar surface area (TPSA) is 58.9 Å². The number of hydrogen-bond acceptors (Lipinski definition) is 5. The molecule has 2 aromatic heterocycles. The molecular formula is C11H8N2O2S2. The van der Waals surface area contributed by atoms with E-state index in [0.29, 0.717) is 11.1 Å². The van der Waals surface area contributed by atoms with Crippen molar-refractivity contribution < 1.29 is 4.42 Å². The summed E-state index contributed by atoms with van der Waals surface area (Å²) >= 11 is 5.84. The first-order valence-electron chi connectivity index (χ1n) is 4.93. The minimum atomic E-state index is -0.442. The number of H-pyrrole nitrogens is 1. The number of thiazole rings is 1. The molecule has 0 aliphatic rings. The predicted octanol–water partition coefficient (Wildman–Crippen LogP) is 2.84. The van der Waals surface area contributed by atoms with Crippen LogP contribution < -0.4 is 5.76 Å². The van der Waals surface area contributed by atoms with Crippen molar-refractivity contribution in [1.29, 1.82) is 0 Å². The smallest absolute Gasteiger partial charge is 0.408 e. The minimum absolute atomic E-state index is 0.442. The van der Waals surface area contributed by atoms with Gasteiger partial charge in [-0.3, -0.25) is 4.98 Å². The first-order chi connectivity index (χ1) is 8.13. The van der Waals surface area contributed by atoms with Crippen molar-refractivity contribution in [3.05, 3.63) is 34.4 Å². The minimum Gasteiger partial charge on any atom is -0.408 e. The van der Waals surface area contributed by atoms with Crippen molar-refractivity contribution in [2.24, 2.45) is 0 Å². The van der Waals surface area contributed by atoms with Gasteiger partial charge >= 0.3 is 5.76 Å². The molecule has 0 unspecified atom stereocenters. The zero-order valence-corrected chi connectivity index (χ0v) is 10.6. The Hall–Kier alpha value is -1.53. The van der Waals surface area contributed by atoms with Gasteiger partial charge in [-0.1, -0.05) is 0 Å². The molecule has 0 bridgehead atoms. The SMILES string of the molecule is Cc1nc(-c2ccc3oc(=O)[nH]c3c2)sc1S. The van der Waals surface area contributed by atoms with Crippen LogP contribution in [0.2, 0.25) is 0 Å². The fourth-order valence-electron chi connectivity index (χ4n) is 1.60. The molecule has 0 amide bonds. The number of benzene rings is 1. The molecule has 0 radical (unpaired) electrons. The number of nitrogens with one attached hydrogen (secondary N) is 1. The molecule has 1 aromatic carbocycles. The van der Waals surface area contributed by atoms with E-state index < -0.39 is 5.76 Å². The molecule has 0 fully saturated rings. The van der Waals surface area contributed by atoms with Gasteiger partial charge < -0.3 is 4.42 Å². The van der Waals surface area contributed by atoms with Crippen LogP contribution in [0.4, 0.5) is 0 Å². The Morgan fingerprint density at radius 3 is 3.00 bits per heavy atom. The molecule has 0 aliphatic heterocycles. The number of aryl methyl sites for hydroxylation is 1. The molecule has 2 heterocycles. The molecule has 0 saturated heterocycles. The number of thiol groups is 1. The van der Waals surface area contributed by atoms with E-state index in [4.69, 9.17) is 4.42 Å². The van der Waals surface area contributed by atoms with Gasteiger partial charge in [0.25, 0.3) is 0 Å². The third kappa shape index (κ3) is 1.79. The molecular weight excluding hydrogens is 256 g/mol. The second-order valence-corrected chi connectivity index (χ2v) is 5.38. The van der Waals surface area contributed by atoms with Gasteiger partial charge in [-0.25, -0.2) is 9.78 Å². The fourth-order valence-corrected chi connectivity index (χ4v) is 2.71. The third-order valence-corrected chi connectivity index (χ3v) is 4.04. The summed E-state index contributed by atoms with van der Waals surface area (Å²) in [5.41, 5.74) is 3.09. The van der Waals surface area contributed by atoms with E-state index in [2.05, 4.69) is 22.6 Å². The molecule has 0 atom stereocenters. The quantitative estimate of drug-likeness (QED) is 0.664. The van der Waals surface area contributed by atoms with Crippen LogP contribution in [-0.4, -0.2) is 9.97 Å². The van der Waals surface area contributed by atoms with E-state index in [0.717, 1.165) is 20.5 Å². The number of aromatic amines is 1. The number of fused-ring (bicyclic) bond motifs is 1. The standard InChI is InChI=1S/C11H8N2O2S2/c1-5-10(16)17-9(12-5)6-2-3-8-7(4-6)13-11(14)15-8/h2-4,16H,1H3,(H,13,14). The summed E-state index contributed by atoms with van der Waals surface area (Å²) in [5, 5.41) is 0.886. The van der Waals surface area contributed by atoms with Gasteiger partial charge in [0.15, 0.2) is 5.58 Å². The highest BCUT2D eigenvalue weighted by atomic mass is 32.2. The molecule has 86 valence electrons. The lowest BCUT2D eigenvalue weighted by Crippen LogP contribution is -1.92. The molecule has 4 nitrogen and oxygen atoms in total. The Kier molecular flexibility index (Phi) is 2.34. The summed E-state index contributed by atoms with van der Waals surface area (Å²) < 4.78 is 5.85. The van der Waals surface area contributed by atoms with Gasteiger partial charge in [-0.15, -0.1) is 24.0 Å². The summed E-state index contributed by atoms with van der Waals surface area (Å²) in [6.45, 7) is 1.92. The summed E-state index contributed by atoms with van der Waals surface area (Å²) in [7, 11) is 0. The average molecular weight is 264 g/mol. The van der Waals surface area contributed by atoms with Gasteiger partial charge in [0, 0.05) is 5.56 Å². The van der Waals surface area contributed by atoms with E-state index in [1.165, 1.54) is 11.3 Å². The number of nitrogens with zero attached hydrogens (tertiary/aromatic N) is 1. The highest BCUT2D eigenvalue weighted by Gasteiger charge is 2.09. The zero-order chi connectivity index (χ0) is 12.0. The highest BCUT2D eigenvalue weighted by Crippen LogP contribution is 2.31. The zero-order valence-electron chi connectivity index (χ0n) is 8.85. The maximum atomic E-state index is 11.0. The van der Waals surface area contributed by atoms with Crippen molar-refractivity contribution in [1.82, 2.24) is 9.97 Å². The van der Waals surface area contributed by atoms with Gasteiger partial charge in [0.2, 0.25) is 0 Å². The Bertz CT molecular complexity index is 735. The van der Waals surface area contributed by atoms with E-state index in [1.807, 2.05) is 19.1 Å². The van der Waals surface area contributed by atoms with Crippen LogP contribution in [0, 0.1) is 6.92 Å². The van der Waals surface area contributed by atoms with E-state index in [-0.39, 0.29) is 0 Å². The fraction of sp³-hybridized carbons (Fsp3) is 0.0909. The second-order valence-electron chi connectivity index (χ2n) is 3.64. The van der Waals surface area contributed by atoms with Crippen LogP contribution >= 0.6 is 24.0 Å². The lowest BCUT2D eigenvalue weighted by atomic mass is 10.2. The lowest BCUT2D eigenvalue weighted by molar-refractivity contribution is 0.555. The van der Waals surface area contributed by atoms with E-state index >= 15 is 0 Å². The molecule has 1 N–H and O–H groups in total. The van der Waals surface area contributed by atoms with Crippen molar-refractivity contribution in [2.45, 2.75) is 11.1 Å². The monoisotopic (exact) mass is 264 g/mol. The first kappa shape index (κ1) is 10.6. The van der Waals surface area contributed by atoms with Gasteiger partial charge in [-0.2, -0.15) is 0 Å². The predicted molar refractivity (Wildman–Crippen MR) is 69.9 cm³/mol. The number of oxazole rings is 1. The Balaban J connectivity index is 2.20. The Morgan fingerprint density at radius 2 is 2.29 bits per heavy atom. The van der Waals surface area contributed by atoms with E-state index in [9.17, 15) is 4.79 Å². The van der Waals surface area contributed by atoms with Crippen molar-refractivity contribution in [3.8, 4) is 10.6 Å². The summed E-state index contributed by atoms with van der Waals surface area (Å²) in [6.07, 6.45) is 0. The van der Waals surface area contributed by atoms with Gasteiger partial charge in [-0.05, 0) is 25.1 Å². The van der Waals surface area contributed by atoms with Crippen LogP contribution in [0.25, 0.3) is 21.7 Å². The number of hydrogen-bond donors (Lipinski definition) is 2. The molecule has 3 aromatic rings. The average Bonchev–Trinajstić information content (AvgIpc) is 2.80. The second kappa shape index (κ2) is 3.75. The van der Waals surface area contributed by atoms with E-state index in [1.54, 1.807) is 6.07 Å². The molecule has 17 heavy (non-hydrogen) atoms. The maximum absolute atomic E-state index is 11.0. The largest absolute Gasteiger partial charge is 0.417 e. The lowest BCUT2D eigenvalue weighted by Gasteiger charge is -1.94. The van der Waals surface area contributed by atoms with Crippen LogP contribution in [-0.2, 0) is 0 Å².